The van der Waals surface area contributed by atoms with Crippen LogP contribution in [0.3, 0.4) is 0 Å². The number of carboxylic acids is 1. The lowest BCUT2D eigenvalue weighted by molar-refractivity contribution is -0.131. The molecule has 0 aliphatic rings. The predicted molar refractivity (Wildman–Crippen MR) is 77.6 cm³/mol. The summed E-state index contributed by atoms with van der Waals surface area (Å²) >= 11 is 1.69. The van der Waals surface area contributed by atoms with Crippen LogP contribution in [0.2, 0.25) is 0 Å². The summed E-state index contributed by atoms with van der Waals surface area (Å²) in [5, 5.41) is 10.6. The first-order valence-electron chi connectivity index (χ1n) is 5.55. The van der Waals surface area contributed by atoms with Gasteiger partial charge in [0.25, 0.3) is 0 Å². The molecule has 0 aliphatic heterocycles. The smallest absolute Gasteiger partial charge is 0.328 e. The average molecular weight is 260 g/mol. The Kier molecular flexibility index (Phi) is 5.88. The number of aliphatic carboxylic acids is 1. The zero-order chi connectivity index (χ0) is 13.4. The van der Waals surface area contributed by atoms with E-state index < -0.39 is 5.97 Å². The van der Waals surface area contributed by atoms with Gasteiger partial charge in [-0.15, -0.1) is 11.3 Å². The highest BCUT2D eigenvalue weighted by molar-refractivity contribution is 7.10. The number of allylic oxidation sites excluding steroid dienone is 6. The Bertz CT molecular complexity index is 503. The number of carbonyl (C=O) groups is 1. The molecule has 0 spiro atoms. The summed E-state index contributed by atoms with van der Waals surface area (Å²) in [5.74, 6) is -0.921. The van der Waals surface area contributed by atoms with Crippen molar-refractivity contribution in [3.63, 3.8) is 0 Å². The number of rotatable bonds is 5. The van der Waals surface area contributed by atoms with Crippen LogP contribution < -0.4 is 0 Å². The molecule has 2 nitrogen and oxygen atoms in total. The molecule has 0 bridgehead atoms. The van der Waals surface area contributed by atoms with Gasteiger partial charge in [-0.2, -0.15) is 0 Å². The van der Waals surface area contributed by atoms with E-state index in [9.17, 15) is 4.79 Å². The Labute approximate surface area is 111 Å². The Balaban J connectivity index is 2.57. The standard InChI is InChI=1S/C15H16O2S/c1-12(8-9-14-7-4-10-18-14)5-3-6-13(2)11-15(16)17/h3-11H,1-2H3,(H,16,17)/b6-3+,9-8+,12-5+,13-11+. The van der Waals surface area contributed by atoms with Gasteiger partial charge in [-0.3, -0.25) is 0 Å². The fourth-order valence-electron chi connectivity index (χ4n) is 1.25. The fourth-order valence-corrected chi connectivity index (χ4v) is 1.87. The predicted octanol–water partition coefficient (Wildman–Crippen LogP) is 4.29. The molecule has 0 unspecified atom stereocenters. The maximum atomic E-state index is 10.4. The highest BCUT2D eigenvalue weighted by Gasteiger charge is 1.88. The van der Waals surface area contributed by atoms with Crippen molar-refractivity contribution < 1.29 is 9.90 Å². The zero-order valence-electron chi connectivity index (χ0n) is 10.5. The van der Waals surface area contributed by atoms with Crippen LogP contribution in [0.25, 0.3) is 6.08 Å². The van der Waals surface area contributed by atoms with Crippen LogP contribution in [0.1, 0.15) is 18.7 Å². The van der Waals surface area contributed by atoms with Crippen LogP contribution in [0.5, 0.6) is 0 Å². The lowest BCUT2D eigenvalue weighted by Gasteiger charge is -1.90. The van der Waals surface area contributed by atoms with E-state index in [4.69, 9.17) is 5.11 Å². The van der Waals surface area contributed by atoms with E-state index in [0.717, 1.165) is 5.57 Å². The first-order chi connectivity index (χ1) is 8.58. The molecule has 1 N–H and O–H groups in total. The Morgan fingerprint density at radius 1 is 1.28 bits per heavy atom. The second-order valence-electron chi connectivity index (χ2n) is 3.85. The van der Waals surface area contributed by atoms with Crippen LogP contribution in [-0.4, -0.2) is 11.1 Å². The van der Waals surface area contributed by atoms with Crippen molar-refractivity contribution in [2.24, 2.45) is 0 Å². The molecule has 0 radical (unpaired) electrons. The third-order valence-corrected chi connectivity index (χ3v) is 2.96. The minimum absolute atomic E-state index is 0.716. The molecule has 1 rings (SSSR count). The summed E-state index contributed by atoms with van der Waals surface area (Å²) in [5.41, 5.74) is 1.83. The maximum Gasteiger partial charge on any atom is 0.328 e. The van der Waals surface area contributed by atoms with Crippen molar-refractivity contribution in [2.45, 2.75) is 13.8 Å². The van der Waals surface area contributed by atoms with Gasteiger partial charge in [0.05, 0.1) is 0 Å². The largest absolute Gasteiger partial charge is 0.478 e. The molecule has 3 heteroatoms. The molecular formula is C15H16O2S. The molecule has 0 saturated heterocycles. The van der Waals surface area contributed by atoms with Crippen LogP contribution >= 0.6 is 11.3 Å². The molecular weight excluding hydrogens is 244 g/mol. The molecule has 0 fully saturated rings. The average Bonchev–Trinajstić information content (AvgIpc) is 2.78. The van der Waals surface area contributed by atoms with Gasteiger partial charge in [-0.1, -0.05) is 35.9 Å². The molecule has 1 aromatic rings. The molecule has 94 valence electrons. The van der Waals surface area contributed by atoms with E-state index in [1.54, 1.807) is 24.3 Å². The SMILES string of the molecule is CC(/C=C/c1cccs1)=C\C=C\C(C)=C\C(=O)O. The minimum atomic E-state index is -0.921. The van der Waals surface area contributed by atoms with Crippen LogP contribution in [-0.2, 0) is 4.79 Å². The second kappa shape index (κ2) is 7.45. The highest BCUT2D eigenvalue weighted by atomic mass is 32.1. The van der Waals surface area contributed by atoms with E-state index in [1.807, 2.05) is 36.6 Å². The van der Waals surface area contributed by atoms with E-state index in [1.165, 1.54) is 11.0 Å². The van der Waals surface area contributed by atoms with Crippen molar-refractivity contribution in [3.8, 4) is 0 Å². The molecule has 0 saturated carbocycles. The lowest BCUT2D eigenvalue weighted by atomic mass is 10.2. The van der Waals surface area contributed by atoms with Gasteiger partial charge in [-0.25, -0.2) is 4.79 Å². The number of carboxylic acid groups (broad SMARTS) is 1. The van der Waals surface area contributed by atoms with Gasteiger partial charge in [0.1, 0.15) is 0 Å². The Morgan fingerprint density at radius 3 is 2.67 bits per heavy atom. The first-order valence-corrected chi connectivity index (χ1v) is 6.43. The first kappa shape index (κ1) is 14.2. The van der Waals surface area contributed by atoms with Crippen molar-refractivity contribution in [1.82, 2.24) is 0 Å². The van der Waals surface area contributed by atoms with Crippen molar-refractivity contribution in [2.75, 3.05) is 0 Å². The van der Waals surface area contributed by atoms with E-state index >= 15 is 0 Å². The third kappa shape index (κ3) is 6.01. The summed E-state index contributed by atoms with van der Waals surface area (Å²) < 4.78 is 0. The number of thiophene rings is 1. The maximum absolute atomic E-state index is 10.4. The Hall–Kier alpha value is -1.87. The third-order valence-electron chi connectivity index (χ3n) is 2.12. The van der Waals surface area contributed by atoms with Gasteiger partial charge >= 0.3 is 5.97 Å². The summed E-state index contributed by atoms with van der Waals surface area (Å²) in [6.45, 7) is 3.76. The van der Waals surface area contributed by atoms with Crippen molar-refractivity contribution in [1.29, 1.82) is 0 Å². The quantitative estimate of drug-likeness (QED) is 0.633. The molecule has 0 atom stereocenters. The summed E-state index contributed by atoms with van der Waals surface area (Å²) in [6.07, 6.45) is 10.8. The monoisotopic (exact) mass is 260 g/mol. The highest BCUT2D eigenvalue weighted by Crippen LogP contribution is 2.11. The van der Waals surface area contributed by atoms with E-state index in [-0.39, 0.29) is 0 Å². The van der Waals surface area contributed by atoms with E-state index in [0.29, 0.717) is 5.57 Å². The number of hydrogen-bond donors (Lipinski definition) is 1. The topological polar surface area (TPSA) is 37.3 Å². The van der Waals surface area contributed by atoms with Crippen LogP contribution in [0, 0.1) is 0 Å². The van der Waals surface area contributed by atoms with Crippen molar-refractivity contribution in [3.05, 3.63) is 63.9 Å². The fraction of sp³-hybridized carbons (Fsp3) is 0.133. The normalized spacial score (nSPS) is 13.7. The Morgan fingerprint density at radius 2 is 2.06 bits per heavy atom. The molecule has 0 amide bonds. The lowest BCUT2D eigenvalue weighted by Crippen LogP contribution is -1.87. The summed E-state index contributed by atoms with van der Waals surface area (Å²) in [7, 11) is 0. The summed E-state index contributed by atoms with van der Waals surface area (Å²) in [6, 6.07) is 4.08. The summed E-state index contributed by atoms with van der Waals surface area (Å²) in [4.78, 5) is 11.6. The number of hydrogen-bond acceptors (Lipinski definition) is 2. The van der Waals surface area contributed by atoms with E-state index in [2.05, 4.69) is 12.1 Å². The molecule has 0 aliphatic carbocycles. The minimum Gasteiger partial charge on any atom is -0.478 e. The van der Waals surface area contributed by atoms with Crippen molar-refractivity contribution >= 4 is 23.4 Å². The van der Waals surface area contributed by atoms with Gasteiger partial charge in [-0.05, 0) is 36.9 Å². The van der Waals surface area contributed by atoms with Gasteiger partial charge in [0.15, 0.2) is 0 Å². The van der Waals surface area contributed by atoms with Crippen LogP contribution in [0.15, 0.2) is 59.0 Å². The second-order valence-corrected chi connectivity index (χ2v) is 4.82. The molecule has 0 aromatic carbocycles. The van der Waals surface area contributed by atoms with Crippen LogP contribution in [0.4, 0.5) is 0 Å². The molecule has 1 heterocycles. The zero-order valence-corrected chi connectivity index (χ0v) is 11.3. The molecule has 1 aromatic heterocycles. The van der Waals surface area contributed by atoms with Gasteiger partial charge in [0, 0.05) is 11.0 Å². The van der Waals surface area contributed by atoms with Gasteiger partial charge in [0.2, 0.25) is 0 Å². The van der Waals surface area contributed by atoms with Gasteiger partial charge < -0.3 is 5.11 Å². The molecule has 18 heavy (non-hydrogen) atoms.